The Labute approximate surface area is 127 Å². The van der Waals surface area contributed by atoms with E-state index in [4.69, 9.17) is 0 Å². The molecule has 118 valence electrons. The predicted octanol–water partition coefficient (Wildman–Crippen LogP) is 5.37. The van der Waals surface area contributed by atoms with E-state index in [0.29, 0.717) is 5.56 Å². The number of nitrogens with one attached hydrogen (secondary N) is 1. The van der Waals surface area contributed by atoms with Crippen molar-refractivity contribution in [1.29, 1.82) is 0 Å². The molecule has 1 nitrogen and oxygen atoms in total. The Bertz CT molecular complexity index is 427. The van der Waals surface area contributed by atoms with Crippen LogP contribution in [-0.2, 0) is 0 Å². The van der Waals surface area contributed by atoms with Crippen molar-refractivity contribution in [3.63, 3.8) is 0 Å². The maximum Gasteiger partial charge on any atom is 0.128 e. The molecule has 1 aromatic carbocycles. The van der Waals surface area contributed by atoms with E-state index in [0.717, 1.165) is 31.7 Å². The van der Waals surface area contributed by atoms with Crippen molar-refractivity contribution in [2.45, 2.75) is 64.3 Å². The van der Waals surface area contributed by atoms with Gasteiger partial charge >= 0.3 is 0 Å². The molecule has 0 aromatic heterocycles. The smallest absolute Gasteiger partial charge is 0.128 e. The third-order valence-electron chi connectivity index (χ3n) is 4.56. The van der Waals surface area contributed by atoms with Crippen LogP contribution in [0.4, 0.5) is 8.78 Å². The second kappa shape index (κ2) is 8.47. The molecular formula is C18H27F2N. The number of hydrogen-bond donors (Lipinski definition) is 1. The molecule has 0 heterocycles. The fourth-order valence-electron chi connectivity index (χ4n) is 3.35. The van der Waals surface area contributed by atoms with Crippen LogP contribution < -0.4 is 5.32 Å². The van der Waals surface area contributed by atoms with Crippen molar-refractivity contribution < 1.29 is 8.78 Å². The van der Waals surface area contributed by atoms with Crippen LogP contribution in [0.5, 0.6) is 0 Å². The molecule has 0 aliphatic heterocycles. The second-order valence-corrected chi connectivity index (χ2v) is 6.25. The minimum absolute atomic E-state index is 0.0671. The highest BCUT2D eigenvalue weighted by Crippen LogP contribution is 2.31. The summed E-state index contributed by atoms with van der Waals surface area (Å²) in [5.41, 5.74) is 0.485. The van der Waals surface area contributed by atoms with Gasteiger partial charge < -0.3 is 5.32 Å². The van der Waals surface area contributed by atoms with Gasteiger partial charge in [-0.1, -0.05) is 39.0 Å². The summed E-state index contributed by atoms with van der Waals surface area (Å²) in [4.78, 5) is 0. The third kappa shape index (κ3) is 5.06. The Kier molecular flexibility index (Phi) is 6.62. The minimum atomic E-state index is -0.354. The lowest BCUT2D eigenvalue weighted by Gasteiger charge is -2.25. The summed E-state index contributed by atoms with van der Waals surface area (Å²) in [6, 6.07) is 3.72. The summed E-state index contributed by atoms with van der Waals surface area (Å²) >= 11 is 0. The van der Waals surface area contributed by atoms with Crippen LogP contribution in [0, 0.1) is 17.6 Å². The molecule has 0 amide bonds. The van der Waals surface area contributed by atoms with Gasteiger partial charge in [0.1, 0.15) is 11.6 Å². The van der Waals surface area contributed by atoms with Gasteiger partial charge in [0.05, 0.1) is 0 Å². The molecule has 0 saturated heterocycles. The molecule has 1 aromatic rings. The molecule has 3 heteroatoms. The molecule has 21 heavy (non-hydrogen) atoms. The molecular weight excluding hydrogens is 268 g/mol. The normalized spacial score (nSPS) is 17.9. The Morgan fingerprint density at radius 2 is 1.95 bits per heavy atom. The average molecular weight is 295 g/mol. The number of benzene rings is 1. The molecule has 1 aliphatic rings. The summed E-state index contributed by atoms with van der Waals surface area (Å²) < 4.78 is 27.4. The topological polar surface area (TPSA) is 12.0 Å². The van der Waals surface area contributed by atoms with Crippen LogP contribution in [0.1, 0.15) is 69.9 Å². The van der Waals surface area contributed by atoms with Gasteiger partial charge in [-0.05, 0) is 49.9 Å². The number of hydrogen-bond acceptors (Lipinski definition) is 1. The van der Waals surface area contributed by atoms with E-state index >= 15 is 0 Å². The molecule has 0 radical (unpaired) electrons. The molecule has 1 N–H and O–H groups in total. The number of rotatable bonds is 7. The average Bonchev–Trinajstić information content (AvgIpc) is 2.51. The summed E-state index contributed by atoms with van der Waals surface area (Å²) in [5.74, 6) is 0.113. The standard InChI is InChI=1S/C18H27F2N/c1-2-12-21-18(11-8-14-6-4-3-5-7-14)16-13-15(19)9-10-17(16)20/h9-10,13-14,18,21H,2-8,11-12H2,1H3. The maximum atomic E-state index is 14.0. The number of halogens is 2. The largest absolute Gasteiger partial charge is 0.310 e. The van der Waals surface area contributed by atoms with Crippen LogP contribution in [0.3, 0.4) is 0 Å². The quantitative estimate of drug-likeness (QED) is 0.713. The molecule has 1 fully saturated rings. The van der Waals surface area contributed by atoms with Gasteiger partial charge in [-0.25, -0.2) is 8.78 Å². The van der Waals surface area contributed by atoms with Crippen LogP contribution in [0.25, 0.3) is 0 Å². The van der Waals surface area contributed by atoms with Crippen LogP contribution in [0.15, 0.2) is 18.2 Å². The van der Waals surface area contributed by atoms with Gasteiger partial charge in [-0.15, -0.1) is 0 Å². The first-order valence-electron chi connectivity index (χ1n) is 8.39. The van der Waals surface area contributed by atoms with Crippen molar-refractivity contribution in [3.8, 4) is 0 Å². The Hall–Kier alpha value is -0.960. The van der Waals surface area contributed by atoms with Crippen molar-refractivity contribution in [2.75, 3.05) is 6.54 Å². The summed E-state index contributed by atoms with van der Waals surface area (Å²) in [6.07, 6.45) is 9.60. The van der Waals surface area contributed by atoms with Gasteiger partial charge in [0.2, 0.25) is 0 Å². The Morgan fingerprint density at radius 3 is 2.67 bits per heavy atom. The monoisotopic (exact) mass is 295 g/mol. The van der Waals surface area contributed by atoms with E-state index in [1.54, 1.807) is 0 Å². The molecule has 0 bridgehead atoms. The van der Waals surface area contributed by atoms with Crippen molar-refractivity contribution in [3.05, 3.63) is 35.4 Å². The van der Waals surface area contributed by atoms with E-state index in [1.807, 2.05) is 0 Å². The summed E-state index contributed by atoms with van der Waals surface area (Å²) in [6.45, 7) is 2.93. The second-order valence-electron chi connectivity index (χ2n) is 6.25. The van der Waals surface area contributed by atoms with Gasteiger partial charge in [0.25, 0.3) is 0 Å². The maximum absolute atomic E-state index is 14.0. The Morgan fingerprint density at radius 1 is 1.19 bits per heavy atom. The minimum Gasteiger partial charge on any atom is -0.310 e. The zero-order chi connectivity index (χ0) is 15.1. The zero-order valence-corrected chi connectivity index (χ0v) is 13.0. The van der Waals surface area contributed by atoms with Gasteiger partial charge in [0, 0.05) is 11.6 Å². The fraction of sp³-hybridized carbons (Fsp3) is 0.667. The van der Waals surface area contributed by atoms with Gasteiger partial charge in [-0.2, -0.15) is 0 Å². The third-order valence-corrected chi connectivity index (χ3v) is 4.56. The van der Waals surface area contributed by atoms with E-state index in [2.05, 4.69) is 12.2 Å². The van der Waals surface area contributed by atoms with Crippen molar-refractivity contribution >= 4 is 0 Å². The lowest BCUT2D eigenvalue weighted by molar-refractivity contribution is 0.312. The lowest BCUT2D eigenvalue weighted by atomic mass is 9.84. The summed E-state index contributed by atoms with van der Waals surface area (Å²) in [7, 11) is 0. The van der Waals surface area contributed by atoms with E-state index < -0.39 is 0 Å². The fourth-order valence-corrected chi connectivity index (χ4v) is 3.35. The van der Waals surface area contributed by atoms with Gasteiger partial charge in [0.15, 0.2) is 0 Å². The highest BCUT2D eigenvalue weighted by atomic mass is 19.1. The molecule has 0 spiro atoms. The van der Waals surface area contributed by atoms with E-state index in [-0.39, 0.29) is 17.7 Å². The zero-order valence-electron chi connectivity index (χ0n) is 13.0. The van der Waals surface area contributed by atoms with Gasteiger partial charge in [-0.3, -0.25) is 0 Å². The first-order chi connectivity index (χ1) is 10.2. The molecule has 1 aliphatic carbocycles. The molecule has 1 unspecified atom stereocenters. The predicted molar refractivity (Wildman–Crippen MR) is 83.2 cm³/mol. The first kappa shape index (κ1) is 16.4. The highest BCUT2D eigenvalue weighted by molar-refractivity contribution is 5.22. The van der Waals surface area contributed by atoms with Crippen molar-refractivity contribution in [1.82, 2.24) is 5.32 Å². The SMILES string of the molecule is CCCNC(CCC1CCCCC1)c1cc(F)ccc1F. The van der Waals surface area contributed by atoms with E-state index in [9.17, 15) is 8.78 Å². The molecule has 1 saturated carbocycles. The van der Waals surface area contributed by atoms with Crippen LogP contribution in [0.2, 0.25) is 0 Å². The molecule has 2 rings (SSSR count). The Balaban J connectivity index is 2.00. The van der Waals surface area contributed by atoms with E-state index in [1.165, 1.54) is 50.3 Å². The van der Waals surface area contributed by atoms with Crippen LogP contribution >= 0.6 is 0 Å². The lowest BCUT2D eigenvalue weighted by Crippen LogP contribution is -2.24. The first-order valence-corrected chi connectivity index (χ1v) is 8.39. The summed E-state index contributed by atoms with van der Waals surface area (Å²) in [5, 5.41) is 3.39. The van der Waals surface area contributed by atoms with Crippen molar-refractivity contribution in [2.24, 2.45) is 5.92 Å². The molecule has 1 atom stereocenters. The van der Waals surface area contributed by atoms with Crippen LogP contribution in [-0.4, -0.2) is 6.54 Å². The highest BCUT2D eigenvalue weighted by Gasteiger charge is 2.19.